The fourth-order valence-electron chi connectivity index (χ4n) is 2.61. The molecule has 1 N–H and O–H groups in total. The number of hydrogen-bond acceptors (Lipinski definition) is 6. The van der Waals surface area contributed by atoms with Crippen molar-refractivity contribution in [2.75, 3.05) is 39.7 Å². The van der Waals surface area contributed by atoms with Crippen molar-refractivity contribution < 1.29 is 31.8 Å². The molecule has 2 aromatic rings. The molecule has 0 atom stereocenters. The van der Waals surface area contributed by atoms with E-state index >= 15 is 0 Å². The molecule has 0 spiro atoms. The van der Waals surface area contributed by atoms with E-state index in [0.717, 1.165) is 16.4 Å². The minimum atomic E-state index is -4.17. The fraction of sp³-hybridized carbons (Fsp3) is 0.316. The molecule has 29 heavy (non-hydrogen) atoms. The standard InChI is InChI=1S/C19H23FN2O6S/c1-5-22(29(24,25)18-10-13(20)6-9-16(18)27-3)12-19(23)21-15-8-7-14(26-2)11-17(15)28-4/h6-11H,5,12H2,1-4H3,(H,21,23). The first-order chi connectivity index (χ1) is 13.8. The van der Waals surface area contributed by atoms with Crippen LogP contribution < -0.4 is 19.5 Å². The Morgan fingerprint density at radius 3 is 2.31 bits per heavy atom. The first kappa shape index (κ1) is 22.4. The van der Waals surface area contributed by atoms with Crippen molar-refractivity contribution in [1.29, 1.82) is 0 Å². The summed E-state index contributed by atoms with van der Waals surface area (Å²) < 4.78 is 55.8. The van der Waals surface area contributed by atoms with Gasteiger partial charge in [-0.2, -0.15) is 4.31 Å². The van der Waals surface area contributed by atoms with Gasteiger partial charge in [0.25, 0.3) is 0 Å². The van der Waals surface area contributed by atoms with Gasteiger partial charge < -0.3 is 19.5 Å². The van der Waals surface area contributed by atoms with Crippen LogP contribution in [0.4, 0.5) is 10.1 Å². The van der Waals surface area contributed by atoms with Crippen molar-refractivity contribution in [3.05, 3.63) is 42.2 Å². The third-order valence-corrected chi connectivity index (χ3v) is 6.04. The number of carbonyl (C=O) groups is 1. The zero-order chi connectivity index (χ0) is 21.6. The van der Waals surface area contributed by atoms with Crippen LogP contribution in [0.15, 0.2) is 41.3 Å². The molecule has 0 aliphatic heterocycles. The SMILES string of the molecule is CCN(CC(=O)Nc1ccc(OC)cc1OC)S(=O)(=O)c1cc(F)ccc1OC. The van der Waals surface area contributed by atoms with Crippen LogP contribution >= 0.6 is 0 Å². The van der Waals surface area contributed by atoms with Crippen LogP contribution in [0.2, 0.25) is 0 Å². The molecule has 0 radical (unpaired) electrons. The average molecular weight is 426 g/mol. The van der Waals surface area contributed by atoms with Gasteiger partial charge in [0.05, 0.1) is 33.6 Å². The molecule has 0 saturated carbocycles. The van der Waals surface area contributed by atoms with Crippen LogP contribution in [0.3, 0.4) is 0 Å². The number of ether oxygens (including phenoxy) is 3. The van der Waals surface area contributed by atoms with Crippen molar-refractivity contribution in [1.82, 2.24) is 4.31 Å². The maximum Gasteiger partial charge on any atom is 0.247 e. The quantitative estimate of drug-likeness (QED) is 0.662. The van der Waals surface area contributed by atoms with E-state index in [1.807, 2.05) is 0 Å². The van der Waals surface area contributed by atoms with E-state index in [4.69, 9.17) is 14.2 Å². The summed E-state index contributed by atoms with van der Waals surface area (Å²) in [7, 11) is 0.0408. The molecular weight excluding hydrogens is 403 g/mol. The van der Waals surface area contributed by atoms with E-state index in [1.165, 1.54) is 27.4 Å². The summed E-state index contributed by atoms with van der Waals surface area (Å²) in [5.74, 6) is -0.435. The minimum absolute atomic E-state index is 0.00479. The Morgan fingerprint density at radius 1 is 1.03 bits per heavy atom. The maximum atomic E-state index is 13.6. The Kier molecular flexibility index (Phi) is 7.40. The van der Waals surface area contributed by atoms with Gasteiger partial charge in [-0.15, -0.1) is 0 Å². The number of rotatable bonds is 9. The number of anilines is 1. The molecule has 1 amide bonds. The largest absolute Gasteiger partial charge is 0.497 e. The predicted molar refractivity (Wildman–Crippen MR) is 106 cm³/mol. The zero-order valence-corrected chi connectivity index (χ0v) is 17.4. The number of halogens is 1. The molecule has 158 valence electrons. The second-order valence-corrected chi connectivity index (χ2v) is 7.75. The summed E-state index contributed by atoms with van der Waals surface area (Å²) in [6, 6.07) is 7.97. The Hall–Kier alpha value is -2.85. The van der Waals surface area contributed by atoms with Crippen molar-refractivity contribution >= 4 is 21.6 Å². The number of hydrogen-bond donors (Lipinski definition) is 1. The Morgan fingerprint density at radius 2 is 1.72 bits per heavy atom. The number of nitrogens with one attached hydrogen (secondary N) is 1. The molecule has 0 unspecified atom stereocenters. The molecule has 0 bridgehead atoms. The Bertz CT molecular complexity index is 981. The van der Waals surface area contributed by atoms with Crippen molar-refractivity contribution in [2.24, 2.45) is 0 Å². The average Bonchev–Trinajstić information content (AvgIpc) is 2.72. The molecular formula is C19H23FN2O6S. The van der Waals surface area contributed by atoms with Gasteiger partial charge in [-0.25, -0.2) is 12.8 Å². The van der Waals surface area contributed by atoms with Gasteiger partial charge in [-0.05, 0) is 30.3 Å². The number of likely N-dealkylation sites (N-methyl/N-ethyl adjacent to an activating group) is 1. The minimum Gasteiger partial charge on any atom is -0.497 e. The van der Waals surface area contributed by atoms with Crippen molar-refractivity contribution in [2.45, 2.75) is 11.8 Å². The van der Waals surface area contributed by atoms with E-state index in [1.54, 1.807) is 25.1 Å². The Labute approximate surface area is 169 Å². The summed E-state index contributed by atoms with van der Waals surface area (Å²) in [5.41, 5.74) is 0.357. The molecule has 2 aromatic carbocycles. The van der Waals surface area contributed by atoms with Gasteiger partial charge in [0.2, 0.25) is 15.9 Å². The second-order valence-electron chi connectivity index (χ2n) is 5.84. The fourth-order valence-corrected chi connectivity index (χ4v) is 4.18. The van der Waals surface area contributed by atoms with Gasteiger partial charge in [0.1, 0.15) is 28.0 Å². The molecule has 8 nitrogen and oxygen atoms in total. The smallest absolute Gasteiger partial charge is 0.247 e. The van der Waals surface area contributed by atoms with Crippen molar-refractivity contribution in [3.63, 3.8) is 0 Å². The van der Waals surface area contributed by atoms with Crippen LogP contribution in [-0.2, 0) is 14.8 Å². The summed E-state index contributed by atoms with van der Waals surface area (Å²) in [5, 5.41) is 2.61. The highest BCUT2D eigenvalue weighted by atomic mass is 32.2. The first-order valence-corrected chi connectivity index (χ1v) is 10.1. The number of sulfonamides is 1. The van der Waals surface area contributed by atoms with Gasteiger partial charge in [0.15, 0.2) is 0 Å². The molecule has 0 aliphatic rings. The van der Waals surface area contributed by atoms with E-state index in [0.29, 0.717) is 17.2 Å². The van der Waals surface area contributed by atoms with Crippen LogP contribution in [0.25, 0.3) is 0 Å². The highest BCUT2D eigenvalue weighted by Crippen LogP contribution is 2.30. The number of nitrogens with zero attached hydrogens (tertiary/aromatic N) is 1. The summed E-state index contributed by atoms with van der Waals surface area (Å²) in [6.07, 6.45) is 0. The van der Waals surface area contributed by atoms with Gasteiger partial charge >= 0.3 is 0 Å². The number of benzene rings is 2. The number of amides is 1. The number of methoxy groups -OCH3 is 3. The van der Waals surface area contributed by atoms with E-state index in [9.17, 15) is 17.6 Å². The van der Waals surface area contributed by atoms with Crippen LogP contribution in [0.1, 0.15) is 6.92 Å². The Balaban J connectivity index is 2.25. The molecule has 0 heterocycles. The lowest BCUT2D eigenvalue weighted by atomic mass is 10.2. The summed E-state index contributed by atoms with van der Waals surface area (Å²) in [4.78, 5) is 12.1. The van der Waals surface area contributed by atoms with Gasteiger partial charge in [-0.1, -0.05) is 6.92 Å². The highest BCUT2D eigenvalue weighted by Gasteiger charge is 2.29. The molecule has 0 fully saturated rings. The lowest BCUT2D eigenvalue weighted by molar-refractivity contribution is -0.116. The summed E-state index contributed by atoms with van der Waals surface area (Å²) >= 11 is 0. The molecule has 10 heteroatoms. The van der Waals surface area contributed by atoms with E-state index in [2.05, 4.69) is 5.32 Å². The zero-order valence-electron chi connectivity index (χ0n) is 16.6. The van der Waals surface area contributed by atoms with Crippen LogP contribution in [0, 0.1) is 5.82 Å². The maximum absolute atomic E-state index is 13.6. The highest BCUT2D eigenvalue weighted by molar-refractivity contribution is 7.89. The van der Waals surface area contributed by atoms with E-state index < -0.39 is 28.3 Å². The third kappa shape index (κ3) is 5.15. The topological polar surface area (TPSA) is 94.2 Å². The molecule has 0 aromatic heterocycles. The van der Waals surface area contributed by atoms with Crippen molar-refractivity contribution in [3.8, 4) is 17.2 Å². The monoisotopic (exact) mass is 426 g/mol. The lowest BCUT2D eigenvalue weighted by Crippen LogP contribution is -2.38. The predicted octanol–water partition coefficient (Wildman–Crippen LogP) is 2.50. The molecule has 0 aliphatic carbocycles. The molecule has 2 rings (SSSR count). The van der Waals surface area contributed by atoms with Crippen LogP contribution in [0.5, 0.6) is 17.2 Å². The van der Waals surface area contributed by atoms with E-state index in [-0.39, 0.29) is 17.2 Å². The first-order valence-electron chi connectivity index (χ1n) is 8.62. The number of carbonyl (C=O) groups excluding carboxylic acids is 1. The third-order valence-electron chi connectivity index (χ3n) is 4.10. The summed E-state index contributed by atoms with van der Waals surface area (Å²) in [6.45, 7) is 1.09. The lowest BCUT2D eigenvalue weighted by Gasteiger charge is -2.21. The molecule has 0 saturated heterocycles. The second kappa shape index (κ2) is 9.57. The van der Waals surface area contributed by atoms with Crippen LogP contribution in [-0.4, -0.2) is 53.0 Å². The van der Waals surface area contributed by atoms with Gasteiger partial charge in [0, 0.05) is 12.6 Å². The van der Waals surface area contributed by atoms with Gasteiger partial charge in [-0.3, -0.25) is 4.79 Å². The normalized spacial score (nSPS) is 11.2.